The second kappa shape index (κ2) is 6.45. The fraction of sp³-hybridized carbons (Fsp3) is 0.647. The van der Waals surface area contributed by atoms with E-state index in [4.69, 9.17) is 23.2 Å². The number of halogens is 2. The van der Waals surface area contributed by atoms with Crippen LogP contribution in [0.5, 0.6) is 0 Å². The summed E-state index contributed by atoms with van der Waals surface area (Å²) in [6.45, 7) is 5.67. The highest BCUT2D eigenvalue weighted by Gasteiger charge is 2.37. The van der Waals surface area contributed by atoms with Crippen molar-refractivity contribution < 1.29 is 0 Å². The van der Waals surface area contributed by atoms with E-state index in [-0.39, 0.29) is 0 Å². The van der Waals surface area contributed by atoms with Gasteiger partial charge in [0.2, 0.25) is 0 Å². The van der Waals surface area contributed by atoms with Crippen LogP contribution < -0.4 is 5.32 Å². The standard InChI is InChI=1S/C17H24Cl2N2/c1-13(15-6-5-14(18)11-16(15)19)21-10-4-9-20-17(12-21)7-2-3-8-17/h5-6,11,13,20H,2-4,7-10,12H2,1H3. The van der Waals surface area contributed by atoms with Crippen molar-refractivity contribution in [2.45, 2.75) is 50.6 Å². The number of nitrogens with zero attached hydrogens (tertiary/aromatic N) is 1. The maximum absolute atomic E-state index is 6.41. The molecule has 1 atom stereocenters. The molecule has 2 aliphatic rings. The largest absolute Gasteiger partial charge is 0.310 e. The van der Waals surface area contributed by atoms with Crippen LogP contribution in [0.4, 0.5) is 0 Å². The zero-order chi connectivity index (χ0) is 14.9. The minimum absolute atomic E-state index is 0.337. The lowest BCUT2D eigenvalue weighted by Crippen LogP contribution is -2.49. The van der Waals surface area contributed by atoms with Crippen LogP contribution in [0.3, 0.4) is 0 Å². The molecule has 4 heteroatoms. The van der Waals surface area contributed by atoms with Crippen molar-refractivity contribution in [3.05, 3.63) is 33.8 Å². The third-order valence-electron chi connectivity index (χ3n) is 5.15. The van der Waals surface area contributed by atoms with E-state index in [9.17, 15) is 0 Å². The summed E-state index contributed by atoms with van der Waals surface area (Å²) in [6.07, 6.45) is 6.54. The maximum atomic E-state index is 6.41. The van der Waals surface area contributed by atoms with Gasteiger partial charge in [0.15, 0.2) is 0 Å². The molecular weight excluding hydrogens is 303 g/mol. The Morgan fingerprint density at radius 3 is 2.67 bits per heavy atom. The van der Waals surface area contributed by atoms with Gasteiger partial charge in [0, 0.05) is 34.7 Å². The lowest BCUT2D eigenvalue weighted by molar-refractivity contribution is 0.166. The molecule has 1 saturated carbocycles. The smallest absolute Gasteiger partial charge is 0.0468 e. The Morgan fingerprint density at radius 2 is 1.95 bits per heavy atom. The third kappa shape index (κ3) is 3.39. The van der Waals surface area contributed by atoms with Gasteiger partial charge in [0.25, 0.3) is 0 Å². The molecule has 0 amide bonds. The minimum Gasteiger partial charge on any atom is -0.310 e. The van der Waals surface area contributed by atoms with Crippen molar-refractivity contribution in [1.82, 2.24) is 10.2 Å². The maximum Gasteiger partial charge on any atom is 0.0468 e. The third-order valence-corrected chi connectivity index (χ3v) is 5.71. The van der Waals surface area contributed by atoms with Crippen molar-refractivity contribution in [2.24, 2.45) is 0 Å². The van der Waals surface area contributed by atoms with Crippen molar-refractivity contribution in [1.29, 1.82) is 0 Å². The summed E-state index contributed by atoms with van der Waals surface area (Å²) >= 11 is 12.4. The molecule has 1 unspecified atom stereocenters. The van der Waals surface area contributed by atoms with Crippen molar-refractivity contribution in [3.8, 4) is 0 Å². The van der Waals surface area contributed by atoms with Crippen LogP contribution in [0.1, 0.15) is 50.6 Å². The zero-order valence-corrected chi connectivity index (χ0v) is 14.2. The fourth-order valence-corrected chi connectivity index (χ4v) is 4.48. The molecule has 0 aromatic heterocycles. The first-order valence-electron chi connectivity index (χ1n) is 8.04. The van der Waals surface area contributed by atoms with Gasteiger partial charge in [0.05, 0.1) is 0 Å². The van der Waals surface area contributed by atoms with Crippen LogP contribution in [-0.4, -0.2) is 30.1 Å². The Labute approximate surface area is 137 Å². The van der Waals surface area contributed by atoms with Gasteiger partial charge in [-0.3, -0.25) is 4.90 Å². The Balaban J connectivity index is 1.80. The first kappa shape index (κ1) is 15.6. The summed E-state index contributed by atoms with van der Waals surface area (Å²) in [4.78, 5) is 2.60. The molecular formula is C17H24Cl2N2. The highest BCUT2D eigenvalue weighted by Crippen LogP contribution is 2.36. The van der Waals surface area contributed by atoms with Gasteiger partial charge in [-0.25, -0.2) is 0 Å². The predicted molar refractivity (Wildman–Crippen MR) is 90.3 cm³/mol. The Kier molecular flexibility index (Phi) is 4.80. The fourth-order valence-electron chi connectivity index (χ4n) is 3.91. The molecule has 1 spiro atoms. The van der Waals surface area contributed by atoms with E-state index in [0.29, 0.717) is 16.6 Å². The second-order valence-electron chi connectivity index (χ2n) is 6.58. The topological polar surface area (TPSA) is 15.3 Å². The molecule has 1 saturated heterocycles. The monoisotopic (exact) mass is 326 g/mol. The number of nitrogens with one attached hydrogen (secondary N) is 1. The molecule has 2 nitrogen and oxygen atoms in total. The van der Waals surface area contributed by atoms with Crippen LogP contribution in [0.25, 0.3) is 0 Å². The lowest BCUT2D eigenvalue weighted by Gasteiger charge is -2.36. The van der Waals surface area contributed by atoms with Gasteiger partial charge in [0.1, 0.15) is 0 Å². The first-order chi connectivity index (χ1) is 10.1. The Bertz CT molecular complexity index is 498. The average Bonchev–Trinajstić information content (AvgIpc) is 2.79. The molecule has 1 aliphatic heterocycles. The van der Waals surface area contributed by atoms with E-state index in [1.807, 2.05) is 12.1 Å². The minimum atomic E-state index is 0.337. The summed E-state index contributed by atoms with van der Waals surface area (Å²) < 4.78 is 0. The highest BCUT2D eigenvalue weighted by molar-refractivity contribution is 6.35. The van der Waals surface area contributed by atoms with E-state index in [1.165, 1.54) is 37.7 Å². The average molecular weight is 327 g/mol. The predicted octanol–water partition coefficient (Wildman–Crippen LogP) is 4.66. The van der Waals surface area contributed by atoms with Gasteiger partial charge in [-0.2, -0.15) is 0 Å². The molecule has 3 rings (SSSR count). The van der Waals surface area contributed by atoms with Crippen LogP contribution >= 0.6 is 23.2 Å². The lowest BCUT2D eigenvalue weighted by atomic mass is 9.95. The SMILES string of the molecule is CC(c1ccc(Cl)cc1Cl)N1CCCNC2(CCCC2)C1. The number of hydrogen-bond acceptors (Lipinski definition) is 2. The summed E-state index contributed by atoms with van der Waals surface area (Å²) in [7, 11) is 0. The van der Waals surface area contributed by atoms with Crippen molar-refractivity contribution >= 4 is 23.2 Å². The quantitative estimate of drug-likeness (QED) is 0.850. The van der Waals surface area contributed by atoms with E-state index in [1.54, 1.807) is 0 Å². The Hall–Kier alpha value is -0.280. The molecule has 2 fully saturated rings. The molecule has 1 aliphatic carbocycles. The summed E-state index contributed by atoms with van der Waals surface area (Å²) in [5.41, 5.74) is 1.53. The van der Waals surface area contributed by atoms with Crippen molar-refractivity contribution in [3.63, 3.8) is 0 Å². The molecule has 1 aromatic rings. The molecule has 116 valence electrons. The summed E-state index contributed by atoms with van der Waals surface area (Å²) in [6, 6.07) is 6.22. The molecule has 1 N–H and O–H groups in total. The Morgan fingerprint density at radius 1 is 1.19 bits per heavy atom. The zero-order valence-electron chi connectivity index (χ0n) is 12.7. The van der Waals surface area contributed by atoms with E-state index in [2.05, 4.69) is 23.2 Å². The number of benzene rings is 1. The highest BCUT2D eigenvalue weighted by atomic mass is 35.5. The van der Waals surface area contributed by atoms with Crippen molar-refractivity contribution in [2.75, 3.05) is 19.6 Å². The van der Waals surface area contributed by atoms with Gasteiger partial charge < -0.3 is 5.32 Å². The normalized spacial score (nSPS) is 24.1. The molecule has 1 aromatic carbocycles. The molecule has 0 radical (unpaired) electrons. The van der Waals surface area contributed by atoms with E-state index >= 15 is 0 Å². The van der Waals surface area contributed by atoms with E-state index in [0.717, 1.165) is 24.7 Å². The number of rotatable bonds is 2. The molecule has 21 heavy (non-hydrogen) atoms. The number of hydrogen-bond donors (Lipinski definition) is 1. The van der Waals surface area contributed by atoms with Gasteiger partial charge in [-0.05, 0) is 50.4 Å². The van der Waals surface area contributed by atoms with Gasteiger partial charge in [-0.15, -0.1) is 0 Å². The van der Waals surface area contributed by atoms with Crippen LogP contribution in [0, 0.1) is 0 Å². The van der Waals surface area contributed by atoms with Crippen LogP contribution in [0.2, 0.25) is 10.0 Å². The summed E-state index contributed by atoms with van der Waals surface area (Å²) in [5.74, 6) is 0. The summed E-state index contributed by atoms with van der Waals surface area (Å²) in [5, 5.41) is 5.32. The first-order valence-corrected chi connectivity index (χ1v) is 8.79. The molecule has 0 bridgehead atoms. The van der Waals surface area contributed by atoms with Crippen LogP contribution in [-0.2, 0) is 0 Å². The second-order valence-corrected chi connectivity index (χ2v) is 7.42. The van der Waals surface area contributed by atoms with Gasteiger partial charge >= 0.3 is 0 Å². The van der Waals surface area contributed by atoms with Gasteiger partial charge in [-0.1, -0.05) is 42.1 Å². The van der Waals surface area contributed by atoms with Crippen LogP contribution in [0.15, 0.2) is 18.2 Å². The molecule has 1 heterocycles. The van der Waals surface area contributed by atoms with E-state index < -0.39 is 0 Å².